The maximum atomic E-state index is 5.89. The number of methoxy groups -OCH3 is 1. The van der Waals surface area contributed by atoms with Crippen molar-refractivity contribution in [3.63, 3.8) is 0 Å². The molecule has 1 aromatic rings. The third kappa shape index (κ3) is 2.13. The summed E-state index contributed by atoms with van der Waals surface area (Å²) in [6, 6.07) is 7.93. The highest BCUT2D eigenvalue weighted by Gasteiger charge is 2.33. The summed E-state index contributed by atoms with van der Waals surface area (Å²) in [5.74, 6) is 0.868. The third-order valence-electron chi connectivity index (χ3n) is 2.57. The second kappa shape index (κ2) is 3.83. The van der Waals surface area contributed by atoms with Crippen molar-refractivity contribution in [2.24, 2.45) is 0 Å². The quantitative estimate of drug-likeness (QED) is 0.805. The van der Waals surface area contributed by atoms with E-state index in [2.05, 4.69) is 19.2 Å². The molecule has 1 atom stereocenters. The minimum absolute atomic E-state index is 0.0591. The molecule has 1 heterocycles. The van der Waals surface area contributed by atoms with E-state index >= 15 is 0 Å². The summed E-state index contributed by atoms with van der Waals surface area (Å²) in [7, 11) is 1.68. The first-order valence-electron chi connectivity index (χ1n) is 5.16. The van der Waals surface area contributed by atoms with Gasteiger partial charge in [0.05, 0.1) is 12.7 Å². The Kier molecular flexibility index (Phi) is 2.67. The van der Waals surface area contributed by atoms with Crippen LogP contribution in [0.15, 0.2) is 24.3 Å². The summed E-state index contributed by atoms with van der Waals surface area (Å²) in [5.41, 5.74) is 0.955. The van der Waals surface area contributed by atoms with Gasteiger partial charge in [-0.05, 0) is 19.9 Å². The Bertz CT molecular complexity index is 349. The van der Waals surface area contributed by atoms with Gasteiger partial charge in [0.2, 0.25) is 0 Å². The molecule has 15 heavy (non-hydrogen) atoms. The fourth-order valence-corrected chi connectivity index (χ4v) is 1.80. The summed E-state index contributed by atoms with van der Waals surface area (Å²) >= 11 is 0. The zero-order valence-corrected chi connectivity index (χ0v) is 9.41. The highest BCUT2D eigenvalue weighted by molar-refractivity contribution is 5.35. The van der Waals surface area contributed by atoms with E-state index in [1.165, 1.54) is 0 Å². The van der Waals surface area contributed by atoms with Crippen LogP contribution < -0.4 is 10.1 Å². The fraction of sp³-hybridized carbons (Fsp3) is 0.500. The van der Waals surface area contributed by atoms with Gasteiger partial charge in [-0.2, -0.15) is 0 Å². The summed E-state index contributed by atoms with van der Waals surface area (Å²) in [5, 5.41) is 3.34. The lowest BCUT2D eigenvalue weighted by molar-refractivity contribution is -0.0164. The van der Waals surface area contributed by atoms with Crippen LogP contribution in [0.4, 0.5) is 0 Å². The van der Waals surface area contributed by atoms with E-state index in [9.17, 15) is 0 Å². The third-order valence-corrected chi connectivity index (χ3v) is 2.57. The van der Waals surface area contributed by atoms with Gasteiger partial charge in [0, 0.05) is 12.1 Å². The molecule has 0 spiro atoms. The molecular formula is C12H17NO2. The van der Waals surface area contributed by atoms with Gasteiger partial charge in [-0.25, -0.2) is 0 Å². The molecule has 0 radical (unpaired) electrons. The van der Waals surface area contributed by atoms with Crippen LogP contribution in [-0.4, -0.2) is 19.3 Å². The van der Waals surface area contributed by atoms with E-state index in [1.54, 1.807) is 7.11 Å². The van der Waals surface area contributed by atoms with Crippen molar-refractivity contribution < 1.29 is 9.47 Å². The van der Waals surface area contributed by atoms with Crippen LogP contribution in [0, 0.1) is 0 Å². The lowest BCUT2D eigenvalue weighted by Crippen LogP contribution is -2.23. The number of rotatable bonds is 2. The van der Waals surface area contributed by atoms with E-state index in [0.29, 0.717) is 0 Å². The number of para-hydroxylation sites is 1. The standard InChI is InChI=1S/C12H17NO2/c1-12(2)8-13-11(15-12)9-6-4-5-7-10(9)14-3/h4-7,11,13H,8H2,1-3H3. The molecule has 3 heteroatoms. The number of nitrogens with one attached hydrogen (secondary N) is 1. The number of hydrogen-bond acceptors (Lipinski definition) is 3. The second-order valence-electron chi connectivity index (χ2n) is 4.38. The van der Waals surface area contributed by atoms with Gasteiger partial charge < -0.3 is 9.47 Å². The van der Waals surface area contributed by atoms with Gasteiger partial charge in [-0.15, -0.1) is 0 Å². The first-order valence-corrected chi connectivity index (χ1v) is 5.16. The van der Waals surface area contributed by atoms with Gasteiger partial charge in [-0.3, -0.25) is 5.32 Å². The number of hydrogen-bond donors (Lipinski definition) is 1. The van der Waals surface area contributed by atoms with E-state index in [0.717, 1.165) is 17.9 Å². The van der Waals surface area contributed by atoms with Crippen molar-refractivity contribution in [1.29, 1.82) is 0 Å². The molecule has 3 nitrogen and oxygen atoms in total. The minimum atomic E-state index is -0.106. The highest BCUT2D eigenvalue weighted by atomic mass is 16.5. The van der Waals surface area contributed by atoms with E-state index in [-0.39, 0.29) is 11.8 Å². The van der Waals surface area contributed by atoms with Gasteiger partial charge in [0.1, 0.15) is 12.0 Å². The molecule has 0 bridgehead atoms. The fourth-order valence-electron chi connectivity index (χ4n) is 1.80. The van der Waals surface area contributed by atoms with Crippen molar-refractivity contribution in [2.75, 3.05) is 13.7 Å². The van der Waals surface area contributed by atoms with Crippen molar-refractivity contribution in [2.45, 2.75) is 25.7 Å². The zero-order valence-electron chi connectivity index (χ0n) is 9.41. The molecule has 1 aliphatic heterocycles. The molecule has 1 saturated heterocycles. The number of benzene rings is 1. The molecule has 1 N–H and O–H groups in total. The summed E-state index contributed by atoms with van der Waals surface area (Å²) in [6.45, 7) is 5.01. The minimum Gasteiger partial charge on any atom is -0.496 e. The van der Waals surface area contributed by atoms with Gasteiger partial charge in [0.15, 0.2) is 0 Å². The molecule has 0 amide bonds. The SMILES string of the molecule is COc1ccccc1C1NCC(C)(C)O1. The normalized spacial score (nSPS) is 24.1. The lowest BCUT2D eigenvalue weighted by atomic mass is 10.1. The molecule has 1 fully saturated rings. The maximum Gasteiger partial charge on any atom is 0.138 e. The molecule has 82 valence electrons. The van der Waals surface area contributed by atoms with Gasteiger partial charge in [0.25, 0.3) is 0 Å². The van der Waals surface area contributed by atoms with Crippen LogP contribution in [0.3, 0.4) is 0 Å². The Morgan fingerprint density at radius 3 is 2.73 bits per heavy atom. The smallest absolute Gasteiger partial charge is 0.138 e. The Morgan fingerprint density at radius 1 is 1.40 bits per heavy atom. The maximum absolute atomic E-state index is 5.89. The summed E-state index contributed by atoms with van der Waals surface area (Å²) < 4.78 is 11.2. The van der Waals surface area contributed by atoms with Crippen LogP contribution >= 0.6 is 0 Å². The van der Waals surface area contributed by atoms with E-state index < -0.39 is 0 Å². The van der Waals surface area contributed by atoms with Crippen LogP contribution in [0.5, 0.6) is 5.75 Å². The first-order chi connectivity index (χ1) is 7.12. The molecule has 0 saturated carbocycles. The zero-order chi connectivity index (χ0) is 10.9. The first kappa shape index (κ1) is 10.5. The van der Waals surface area contributed by atoms with E-state index in [1.807, 2.05) is 24.3 Å². The average Bonchev–Trinajstić information content (AvgIpc) is 2.59. The van der Waals surface area contributed by atoms with E-state index in [4.69, 9.17) is 9.47 Å². The van der Waals surface area contributed by atoms with Crippen molar-refractivity contribution >= 4 is 0 Å². The predicted octanol–water partition coefficient (Wildman–Crippen LogP) is 2.09. The van der Waals surface area contributed by atoms with Gasteiger partial charge in [-0.1, -0.05) is 18.2 Å². The Hall–Kier alpha value is -1.06. The largest absolute Gasteiger partial charge is 0.496 e. The van der Waals surface area contributed by atoms with Crippen LogP contribution in [0.25, 0.3) is 0 Å². The Morgan fingerprint density at radius 2 is 2.13 bits per heavy atom. The Balaban J connectivity index is 2.23. The topological polar surface area (TPSA) is 30.5 Å². The van der Waals surface area contributed by atoms with Crippen LogP contribution in [-0.2, 0) is 4.74 Å². The van der Waals surface area contributed by atoms with Crippen molar-refractivity contribution in [3.05, 3.63) is 29.8 Å². The summed E-state index contributed by atoms with van der Waals surface area (Å²) in [6.07, 6.45) is -0.0591. The predicted molar refractivity (Wildman–Crippen MR) is 58.9 cm³/mol. The molecule has 0 aliphatic carbocycles. The van der Waals surface area contributed by atoms with Crippen molar-refractivity contribution in [1.82, 2.24) is 5.32 Å². The second-order valence-corrected chi connectivity index (χ2v) is 4.38. The van der Waals surface area contributed by atoms with Crippen LogP contribution in [0.1, 0.15) is 25.6 Å². The monoisotopic (exact) mass is 207 g/mol. The lowest BCUT2D eigenvalue weighted by Gasteiger charge is -2.19. The molecule has 1 aliphatic rings. The number of ether oxygens (including phenoxy) is 2. The molecule has 0 aromatic heterocycles. The molecular weight excluding hydrogens is 190 g/mol. The molecule has 1 aromatic carbocycles. The average molecular weight is 207 g/mol. The van der Waals surface area contributed by atoms with Crippen LogP contribution in [0.2, 0.25) is 0 Å². The van der Waals surface area contributed by atoms with Gasteiger partial charge >= 0.3 is 0 Å². The van der Waals surface area contributed by atoms with Crippen molar-refractivity contribution in [3.8, 4) is 5.75 Å². The molecule has 2 rings (SSSR count). The highest BCUT2D eigenvalue weighted by Crippen LogP contribution is 2.32. The Labute approximate surface area is 90.4 Å². The summed E-state index contributed by atoms with van der Waals surface area (Å²) in [4.78, 5) is 0. The molecule has 1 unspecified atom stereocenters.